The van der Waals surface area contributed by atoms with Gasteiger partial charge in [0.15, 0.2) is 9.84 Å². The Bertz CT molecular complexity index is 2680. The highest BCUT2D eigenvalue weighted by Gasteiger charge is 2.30. The summed E-state index contributed by atoms with van der Waals surface area (Å²) in [4.78, 5) is 48.9. The van der Waals surface area contributed by atoms with Crippen molar-refractivity contribution in [2.24, 2.45) is 11.8 Å². The van der Waals surface area contributed by atoms with Gasteiger partial charge in [0, 0.05) is 54.5 Å². The van der Waals surface area contributed by atoms with Crippen LogP contribution < -0.4 is 16.0 Å². The molecular formula is C38H48ClN9O8S3. The molecule has 2 atom stereocenters. The summed E-state index contributed by atoms with van der Waals surface area (Å²) in [6.07, 6.45) is 10.0. The van der Waals surface area contributed by atoms with E-state index in [0.29, 0.717) is 79.6 Å². The van der Waals surface area contributed by atoms with E-state index in [0.717, 1.165) is 46.1 Å². The number of rotatable bonds is 14. The summed E-state index contributed by atoms with van der Waals surface area (Å²) in [7, 11) is -9.33. The molecule has 2 aliphatic carbocycles. The van der Waals surface area contributed by atoms with Gasteiger partial charge in [-0.3, -0.25) is 9.59 Å². The van der Waals surface area contributed by atoms with E-state index in [1.165, 1.54) is 25.2 Å². The predicted octanol–water partition coefficient (Wildman–Crippen LogP) is 3.42. The average molecular weight is 891 g/mol. The number of aromatic amines is 2. The number of aromatic nitrogens is 6. The summed E-state index contributed by atoms with van der Waals surface area (Å²) in [5.41, 5.74) is 6.14. The molecule has 0 bridgehead atoms. The number of nitrogens with zero attached hydrogens (tertiary/aromatic N) is 4. The molecule has 1 aromatic carbocycles. The van der Waals surface area contributed by atoms with Gasteiger partial charge in [0.2, 0.25) is 11.8 Å². The van der Waals surface area contributed by atoms with Crippen LogP contribution in [0.3, 0.4) is 0 Å². The van der Waals surface area contributed by atoms with E-state index in [2.05, 4.69) is 45.9 Å². The van der Waals surface area contributed by atoms with Gasteiger partial charge in [-0.05, 0) is 86.8 Å². The molecule has 5 aromatic rings. The number of hydrogen-bond donors (Lipinski definition) is 5. The van der Waals surface area contributed by atoms with Crippen LogP contribution in [-0.4, -0.2) is 110 Å². The van der Waals surface area contributed by atoms with Gasteiger partial charge >= 0.3 is 0 Å². The summed E-state index contributed by atoms with van der Waals surface area (Å²) >= 11 is 6.18. The van der Waals surface area contributed by atoms with Crippen LogP contribution in [-0.2, 0) is 64.8 Å². The van der Waals surface area contributed by atoms with Gasteiger partial charge in [0.05, 0.1) is 32.9 Å². The third kappa shape index (κ3) is 11.1. The number of benzene rings is 1. The molecule has 4 aromatic heterocycles. The molecule has 2 aliphatic rings. The lowest BCUT2D eigenvalue weighted by Crippen LogP contribution is -2.35. The second kappa shape index (κ2) is 18.3. The Labute approximate surface area is 348 Å². The first-order valence-electron chi connectivity index (χ1n) is 19.3. The molecule has 17 nitrogen and oxygen atoms in total. The molecule has 5 N–H and O–H groups in total. The molecule has 7 rings (SSSR count). The summed E-state index contributed by atoms with van der Waals surface area (Å²) in [5.74, 6) is 0.229. The van der Waals surface area contributed by atoms with Crippen molar-refractivity contribution in [1.82, 2.24) is 40.5 Å². The monoisotopic (exact) mass is 889 g/mol. The van der Waals surface area contributed by atoms with Crippen molar-refractivity contribution in [3.63, 3.8) is 0 Å². The highest BCUT2D eigenvalue weighted by Crippen LogP contribution is 2.36. The number of halogens is 1. The molecule has 0 spiro atoms. The highest BCUT2D eigenvalue weighted by atomic mass is 35.5. The van der Waals surface area contributed by atoms with Crippen molar-refractivity contribution in [2.75, 3.05) is 48.2 Å². The van der Waals surface area contributed by atoms with Gasteiger partial charge in [-0.1, -0.05) is 18.5 Å². The van der Waals surface area contributed by atoms with Gasteiger partial charge in [-0.25, -0.2) is 45.2 Å². The third-order valence-electron chi connectivity index (χ3n) is 10.5. The van der Waals surface area contributed by atoms with E-state index in [-0.39, 0.29) is 45.8 Å². The highest BCUT2D eigenvalue weighted by molar-refractivity contribution is 7.91. The van der Waals surface area contributed by atoms with Crippen LogP contribution in [0.25, 0.3) is 22.1 Å². The maximum atomic E-state index is 12.7. The molecule has 59 heavy (non-hydrogen) atoms. The summed E-state index contributed by atoms with van der Waals surface area (Å²) in [6.45, 7) is 2.30. The molecule has 0 saturated carbocycles. The maximum Gasteiger partial charge on any atom is 0.223 e. The van der Waals surface area contributed by atoms with Crippen LogP contribution in [0.15, 0.2) is 41.8 Å². The van der Waals surface area contributed by atoms with Crippen molar-refractivity contribution in [3.8, 4) is 0 Å². The Balaban J connectivity index is 0.000000213. The first-order chi connectivity index (χ1) is 27.9. The topological polar surface area (TPSA) is 256 Å². The Hall–Kier alpha value is -4.66. The zero-order valence-corrected chi connectivity index (χ0v) is 36.2. The number of carbonyl (C=O) groups is 2. The second-order valence-electron chi connectivity index (χ2n) is 15.0. The van der Waals surface area contributed by atoms with Gasteiger partial charge < -0.3 is 25.9 Å². The minimum absolute atomic E-state index is 0.0360. The molecule has 2 unspecified atom stereocenters. The minimum Gasteiger partial charge on any atom is -0.356 e. The van der Waals surface area contributed by atoms with Gasteiger partial charge in [0.1, 0.15) is 54.6 Å². The molecule has 318 valence electrons. The number of aryl methyl sites for hydroxylation is 2. The van der Waals surface area contributed by atoms with Crippen molar-refractivity contribution in [3.05, 3.63) is 64.6 Å². The molecule has 0 fully saturated rings. The average Bonchev–Trinajstić information content (AvgIpc) is 3.76. The van der Waals surface area contributed by atoms with Crippen molar-refractivity contribution in [2.45, 2.75) is 63.2 Å². The molecule has 0 aliphatic heterocycles. The van der Waals surface area contributed by atoms with Crippen molar-refractivity contribution in [1.29, 1.82) is 0 Å². The van der Waals surface area contributed by atoms with Crippen LogP contribution in [0, 0.1) is 11.8 Å². The fourth-order valence-corrected chi connectivity index (χ4v) is 9.88. The fourth-order valence-electron chi connectivity index (χ4n) is 7.41. The standard InChI is InChI=1S/C23H29N5O5S2.C15H19ClN4O3S/c1-3-35(32,33)17-8-6-16(7-9-17)27-21-20-18-13-15(23(29)24-11-4-12-34(2,30)31)5-10-19(18)28-22(20)26-14-25-21;1-24(22,23)6-2-5-17-15(21)9-3-4-11-10(7-9)12-13(16)18-8-19-14(12)20-11/h6-9,14-15H,3-5,10-13H2,1-2H3,(H,24,29)(H2,25,26,27,28);8-9H,2-7H2,1H3,(H,17,21)(H,18,19,20). The largest absolute Gasteiger partial charge is 0.356 e. The number of anilines is 2. The van der Waals surface area contributed by atoms with E-state index >= 15 is 0 Å². The first-order valence-corrected chi connectivity index (χ1v) is 25.4. The number of hydrogen-bond acceptors (Lipinski definition) is 13. The van der Waals surface area contributed by atoms with Crippen molar-refractivity contribution < 1.29 is 34.8 Å². The van der Waals surface area contributed by atoms with Gasteiger partial charge in [0.25, 0.3) is 0 Å². The summed E-state index contributed by atoms with van der Waals surface area (Å²) < 4.78 is 68.9. The number of carbonyl (C=O) groups excluding carboxylic acids is 2. The van der Waals surface area contributed by atoms with Crippen LogP contribution in [0.4, 0.5) is 11.5 Å². The number of nitrogens with one attached hydrogen (secondary N) is 5. The SMILES string of the molecule is CCS(=O)(=O)c1ccc(Nc2ncnc3[nH]c4c(c23)CC(C(=O)NCCCS(C)(=O)=O)CC4)cc1.CS(=O)(=O)CCCNC(=O)C1CCc2[nH]c3ncnc(Cl)c3c2C1. The molecule has 2 amide bonds. The van der Waals surface area contributed by atoms with E-state index < -0.39 is 29.5 Å². The number of fused-ring (bicyclic) bond motifs is 6. The predicted molar refractivity (Wildman–Crippen MR) is 226 cm³/mol. The lowest BCUT2D eigenvalue weighted by molar-refractivity contribution is -0.126. The normalized spacial score (nSPS) is 16.7. The Morgan fingerprint density at radius 2 is 1.22 bits per heavy atom. The first kappa shape index (κ1) is 43.9. The lowest BCUT2D eigenvalue weighted by Gasteiger charge is -2.22. The van der Waals surface area contributed by atoms with Crippen LogP contribution in [0.1, 0.15) is 55.1 Å². The summed E-state index contributed by atoms with van der Waals surface area (Å²) in [5, 5.41) is 11.0. The molecule has 4 heterocycles. The van der Waals surface area contributed by atoms with Crippen LogP contribution in [0.2, 0.25) is 5.15 Å². The van der Waals surface area contributed by atoms with E-state index in [1.807, 2.05) is 0 Å². The van der Waals surface area contributed by atoms with E-state index in [4.69, 9.17) is 11.6 Å². The second-order valence-corrected chi connectivity index (χ2v) is 22.1. The Morgan fingerprint density at radius 1 is 0.729 bits per heavy atom. The third-order valence-corrected chi connectivity index (χ3v) is 14.6. The number of sulfone groups is 3. The Kier molecular flexibility index (Phi) is 13.6. The van der Waals surface area contributed by atoms with E-state index in [9.17, 15) is 34.8 Å². The molecule has 0 saturated heterocycles. The maximum absolute atomic E-state index is 12.7. The molecular weight excluding hydrogens is 842 g/mol. The smallest absolute Gasteiger partial charge is 0.223 e. The number of H-pyrrole nitrogens is 2. The fraction of sp³-hybridized carbons (Fsp3) is 0.474. The lowest BCUT2D eigenvalue weighted by atomic mass is 9.86. The van der Waals surface area contributed by atoms with Crippen LogP contribution in [0.5, 0.6) is 0 Å². The van der Waals surface area contributed by atoms with Gasteiger partial charge in [-0.2, -0.15) is 0 Å². The molecule has 0 radical (unpaired) electrons. The number of amides is 2. The minimum atomic E-state index is -3.28. The zero-order chi connectivity index (χ0) is 42.5. The van der Waals surface area contributed by atoms with Crippen molar-refractivity contribution >= 4 is 86.5 Å². The quantitative estimate of drug-likeness (QED) is 0.0793. The summed E-state index contributed by atoms with van der Waals surface area (Å²) in [6, 6.07) is 6.53. The van der Waals surface area contributed by atoms with Crippen LogP contribution >= 0.6 is 11.6 Å². The Morgan fingerprint density at radius 3 is 1.73 bits per heavy atom. The van der Waals surface area contributed by atoms with Gasteiger partial charge in [-0.15, -0.1) is 0 Å². The van der Waals surface area contributed by atoms with E-state index in [1.54, 1.807) is 31.2 Å². The molecule has 21 heteroatoms. The zero-order valence-electron chi connectivity index (χ0n) is 33.0.